The maximum Gasteiger partial charge on any atom is 0.274 e. The molecule has 7 nitrogen and oxygen atoms in total. The third kappa shape index (κ3) is 4.15. The molecule has 0 radical (unpaired) electrons. The van der Waals surface area contributed by atoms with Gasteiger partial charge in [-0.05, 0) is 59.1 Å². The van der Waals surface area contributed by atoms with Crippen LogP contribution in [0.25, 0.3) is 23.0 Å². The van der Waals surface area contributed by atoms with E-state index in [1.165, 1.54) is 6.07 Å². The Kier molecular flexibility index (Phi) is 5.54. The summed E-state index contributed by atoms with van der Waals surface area (Å²) in [7, 11) is 0. The van der Waals surface area contributed by atoms with Crippen molar-refractivity contribution in [3.8, 4) is 23.0 Å². The van der Waals surface area contributed by atoms with Crippen molar-refractivity contribution in [3.63, 3.8) is 0 Å². The van der Waals surface area contributed by atoms with Crippen LogP contribution in [-0.4, -0.2) is 39.9 Å². The van der Waals surface area contributed by atoms with Gasteiger partial charge in [-0.3, -0.25) is 4.79 Å². The van der Waals surface area contributed by atoms with Crippen LogP contribution in [0.15, 0.2) is 45.5 Å². The van der Waals surface area contributed by atoms with Crippen molar-refractivity contribution in [2.45, 2.75) is 25.5 Å². The number of nitrogens with zero attached hydrogens (tertiary/aromatic N) is 3. The topological polar surface area (TPSA) is 82.2 Å². The van der Waals surface area contributed by atoms with E-state index in [2.05, 4.69) is 31.4 Å². The van der Waals surface area contributed by atoms with E-state index in [-0.39, 0.29) is 30.3 Å². The molecule has 1 N–H and O–H groups in total. The number of nitrogens with one attached hydrogen (secondary N) is 1. The largest absolute Gasteiger partial charge is 0.376 e. The summed E-state index contributed by atoms with van der Waals surface area (Å²) in [4.78, 5) is 16.6. The van der Waals surface area contributed by atoms with Gasteiger partial charge in [-0.2, -0.15) is 4.98 Å². The molecule has 1 aromatic carbocycles. The molecule has 2 aromatic heterocycles. The summed E-state index contributed by atoms with van der Waals surface area (Å²) in [6.45, 7) is 1.40. The zero-order chi connectivity index (χ0) is 19.5. The summed E-state index contributed by atoms with van der Waals surface area (Å²) in [6.07, 6.45) is 3.88. The summed E-state index contributed by atoms with van der Waals surface area (Å²) in [5, 5.41) is 6.85. The SMILES string of the molecule is O=C(Cn1cccc1-c1nc(-c2ccc(F)c(Br)c2)no1)NC[C@H]1CCCO1. The van der Waals surface area contributed by atoms with Gasteiger partial charge < -0.3 is 19.1 Å². The van der Waals surface area contributed by atoms with Crippen molar-refractivity contribution in [3.05, 3.63) is 46.8 Å². The fourth-order valence-electron chi connectivity index (χ4n) is 3.07. The van der Waals surface area contributed by atoms with Crippen molar-refractivity contribution in [1.29, 1.82) is 0 Å². The number of aromatic nitrogens is 3. The lowest BCUT2D eigenvalue weighted by molar-refractivity contribution is -0.122. The quantitative estimate of drug-likeness (QED) is 0.624. The molecule has 0 aliphatic carbocycles. The summed E-state index contributed by atoms with van der Waals surface area (Å²) >= 11 is 3.15. The molecule has 9 heteroatoms. The summed E-state index contributed by atoms with van der Waals surface area (Å²) in [5.74, 6) is 0.143. The summed E-state index contributed by atoms with van der Waals surface area (Å²) in [5.41, 5.74) is 1.25. The number of hydrogen-bond donors (Lipinski definition) is 1. The van der Waals surface area contributed by atoms with Crippen LogP contribution in [0.3, 0.4) is 0 Å². The van der Waals surface area contributed by atoms with Crippen LogP contribution in [0.2, 0.25) is 0 Å². The van der Waals surface area contributed by atoms with E-state index in [9.17, 15) is 9.18 Å². The van der Waals surface area contributed by atoms with Gasteiger partial charge in [0.05, 0.1) is 10.6 Å². The van der Waals surface area contributed by atoms with Crippen LogP contribution in [0, 0.1) is 5.82 Å². The molecule has 0 bridgehead atoms. The summed E-state index contributed by atoms with van der Waals surface area (Å²) < 4.78 is 26.3. The van der Waals surface area contributed by atoms with Crippen molar-refractivity contribution >= 4 is 21.8 Å². The lowest BCUT2D eigenvalue weighted by Gasteiger charge is -2.11. The molecule has 0 spiro atoms. The number of benzene rings is 1. The number of rotatable bonds is 6. The molecule has 1 atom stereocenters. The normalized spacial score (nSPS) is 16.4. The number of hydrogen-bond acceptors (Lipinski definition) is 5. The Morgan fingerprint density at radius 3 is 3.07 bits per heavy atom. The van der Waals surface area contributed by atoms with Gasteiger partial charge in [-0.1, -0.05) is 5.16 Å². The van der Waals surface area contributed by atoms with Crippen molar-refractivity contribution < 1.29 is 18.4 Å². The lowest BCUT2D eigenvalue weighted by Crippen LogP contribution is -2.34. The molecule has 0 saturated carbocycles. The van der Waals surface area contributed by atoms with E-state index in [0.717, 1.165) is 19.4 Å². The molecule has 1 aliphatic heterocycles. The smallest absolute Gasteiger partial charge is 0.274 e. The molecule has 3 heterocycles. The van der Waals surface area contributed by atoms with E-state index in [1.54, 1.807) is 35.0 Å². The number of ether oxygens (including phenoxy) is 1. The van der Waals surface area contributed by atoms with Gasteiger partial charge in [0.1, 0.15) is 18.1 Å². The Hall–Kier alpha value is -2.52. The maximum atomic E-state index is 13.4. The molecular formula is C19H18BrFN4O3. The second kappa shape index (κ2) is 8.24. The minimum absolute atomic E-state index is 0.0987. The molecule has 3 aromatic rings. The molecule has 1 amide bonds. The summed E-state index contributed by atoms with van der Waals surface area (Å²) in [6, 6.07) is 8.09. The molecule has 146 valence electrons. The van der Waals surface area contributed by atoms with Crippen LogP contribution in [0.4, 0.5) is 4.39 Å². The van der Waals surface area contributed by atoms with E-state index in [0.29, 0.717) is 28.1 Å². The fraction of sp³-hybridized carbons (Fsp3) is 0.316. The highest BCUT2D eigenvalue weighted by Crippen LogP contribution is 2.26. The first-order chi connectivity index (χ1) is 13.6. The third-order valence-corrected chi connectivity index (χ3v) is 5.13. The standard InChI is InChI=1S/C19H18BrFN4O3/c20-14-9-12(5-6-15(14)21)18-23-19(28-24-18)16-4-1-7-25(16)11-17(26)22-10-13-3-2-8-27-13/h1,4-7,9,13H,2-3,8,10-11H2,(H,22,26)/t13-/m1/s1. The van der Waals surface area contributed by atoms with Crippen molar-refractivity contribution in [1.82, 2.24) is 20.0 Å². The van der Waals surface area contributed by atoms with Gasteiger partial charge in [0.25, 0.3) is 5.89 Å². The van der Waals surface area contributed by atoms with Gasteiger partial charge in [0.2, 0.25) is 11.7 Å². The highest BCUT2D eigenvalue weighted by atomic mass is 79.9. The van der Waals surface area contributed by atoms with E-state index in [4.69, 9.17) is 9.26 Å². The zero-order valence-electron chi connectivity index (χ0n) is 14.9. The molecule has 1 saturated heterocycles. The van der Waals surface area contributed by atoms with Gasteiger partial charge >= 0.3 is 0 Å². The van der Waals surface area contributed by atoms with E-state index in [1.807, 2.05) is 0 Å². The highest BCUT2D eigenvalue weighted by molar-refractivity contribution is 9.10. The fourth-order valence-corrected chi connectivity index (χ4v) is 3.45. The number of halogens is 2. The lowest BCUT2D eigenvalue weighted by atomic mass is 10.2. The molecule has 4 rings (SSSR count). The average Bonchev–Trinajstić information content (AvgIpc) is 3.43. The predicted molar refractivity (Wildman–Crippen MR) is 103 cm³/mol. The monoisotopic (exact) mass is 448 g/mol. The van der Waals surface area contributed by atoms with Crippen LogP contribution in [0.1, 0.15) is 12.8 Å². The Morgan fingerprint density at radius 2 is 2.29 bits per heavy atom. The van der Waals surface area contributed by atoms with Gasteiger partial charge in [0, 0.05) is 24.9 Å². The Balaban J connectivity index is 1.45. The van der Waals surface area contributed by atoms with E-state index >= 15 is 0 Å². The minimum Gasteiger partial charge on any atom is -0.376 e. The maximum absolute atomic E-state index is 13.4. The minimum atomic E-state index is -0.365. The molecule has 1 fully saturated rings. The molecular weight excluding hydrogens is 431 g/mol. The van der Waals surface area contributed by atoms with Gasteiger partial charge in [-0.15, -0.1) is 0 Å². The second-order valence-electron chi connectivity index (χ2n) is 6.51. The number of amides is 1. The zero-order valence-corrected chi connectivity index (χ0v) is 16.5. The van der Waals surface area contributed by atoms with Gasteiger partial charge in [-0.25, -0.2) is 4.39 Å². The predicted octanol–water partition coefficient (Wildman–Crippen LogP) is 3.40. The van der Waals surface area contributed by atoms with Crippen LogP contribution >= 0.6 is 15.9 Å². The first-order valence-corrected chi connectivity index (χ1v) is 9.72. The molecule has 28 heavy (non-hydrogen) atoms. The average molecular weight is 449 g/mol. The molecule has 0 unspecified atom stereocenters. The van der Waals surface area contributed by atoms with Crippen LogP contribution < -0.4 is 5.32 Å². The van der Waals surface area contributed by atoms with Gasteiger partial charge in [0.15, 0.2) is 0 Å². The molecule has 1 aliphatic rings. The van der Waals surface area contributed by atoms with Crippen molar-refractivity contribution in [2.24, 2.45) is 0 Å². The Bertz CT molecular complexity index is 981. The number of carbonyl (C=O) groups is 1. The Labute approximate surface area is 169 Å². The van der Waals surface area contributed by atoms with Crippen LogP contribution in [-0.2, 0) is 16.1 Å². The first kappa shape index (κ1) is 18.8. The Morgan fingerprint density at radius 1 is 1.39 bits per heavy atom. The third-order valence-electron chi connectivity index (χ3n) is 4.52. The first-order valence-electron chi connectivity index (χ1n) is 8.93. The van der Waals surface area contributed by atoms with E-state index < -0.39 is 0 Å². The van der Waals surface area contributed by atoms with Crippen LogP contribution in [0.5, 0.6) is 0 Å². The number of carbonyl (C=O) groups excluding carboxylic acids is 1. The highest BCUT2D eigenvalue weighted by Gasteiger charge is 2.18. The van der Waals surface area contributed by atoms with Crippen molar-refractivity contribution in [2.75, 3.05) is 13.2 Å². The second-order valence-corrected chi connectivity index (χ2v) is 7.37.